The zero-order valence-electron chi connectivity index (χ0n) is 12.0. The molecule has 1 heterocycles. The zero-order chi connectivity index (χ0) is 14.3. The Bertz CT molecular complexity index is 367. The largest absolute Gasteiger partial charge is 0.342 e. The summed E-state index contributed by atoms with van der Waals surface area (Å²) in [5.74, 6) is 2.64. The Morgan fingerprint density at radius 2 is 2.00 bits per heavy atom. The van der Waals surface area contributed by atoms with E-state index in [9.17, 15) is 9.59 Å². The molecule has 1 aliphatic rings. The van der Waals surface area contributed by atoms with Crippen molar-refractivity contribution in [3.8, 4) is 12.3 Å². The van der Waals surface area contributed by atoms with E-state index in [2.05, 4.69) is 11.2 Å². The van der Waals surface area contributed by atoms with E-state index in [1.807, 2.05) is 18.7 Å². The highest BCUT2D eigenvalue weighted by atomic mass is 16.2. The number of carbonyl (C=O) groups excluding carboxylic acids is 2. The van der Waals surface area contributed by atoms with Crippen molar-refractivity contribution in [3.05, 3.63) is 0 Å². The second-order valence-electron chi connectivity index (χ2n) is 5.04. The van der Waals surface area contributed by atoms with Gasteiger partial charge in [0.1, 0.15) is 5.54 Å². The Labute approximate surface area is 115 Å². The maximum atomic E-state index is 12.6. The maximum Gasteiger partial charge on any atom is 0.248 e. The lowest BCUT2D eigenvalue weighted by Gasteiger charge is -2.33. The van der Waals surface area contributed by atoms with Crippen LogP contribution in [0.5, 0.6) is 0 Å². The molecule has 0 saturated carbocycles. The minimum atomic E-state index is -0.709. The van der Waals surface area contributed by atoms with Gasteiger partial charge in [0.2, 0.25) is 11.8 Å². The first-order chi connectivity index (χ1) is 9.09. The third-order valence-corrected chi connectivity index (χ3v) is 3.89. The average molecular weight is 264 g/mol. The Morgan fingerprint density at radius 3 is 2.58 bits per heavy atom. The third-order valence-electron chi connectivity index (χ3n) is 3.89. The fraction of sp³-hybridized carbons (Fsp3) is 0.733. The van der Waals surface area contributed by atoms with E-state index in [1.165, 1.54) is 0 Å². The van der Waals surface area contributed by atoms with Crippen LogP contribution in [0.25, 0.3) is 0 Å². The van der Waals surface area contributed by atoms with Crippen molar-refractivity contribution in [1.82, 2.24) is 10.2 Å². The van der Waals surface area contributed by atoms with Gasteiger partial charge in [-0.15, -0.1) is 12.3 Å². The molecule has 19 heavy (non-hydrogen) atoms. The van der Waals surface area contributed by atoms with Crippen LogP contribution in [0.15, 0.2) is 0 Å². The first-order valence-electron chi connectivity index (χ1n) is 7.13. The summed E-state index contributed by atoms with van der Waals surface area (Å²) < 4.78 is 0. The maximum absolute atomic E-state index is 12.6. The summed E-state index contributed by atoms with van der Waals surface area (Å²) >= 11 is 0. The van der Waals surface area contributed by atoms with E-state index >= 15 is 0 Å². The zero-order valence-corrected chi connectivity index (χ0v) is 12.0. The van der Waals surface area contributed by atoms with Gasteiger partial charge in [0, 0.05) is 25.9 Å². The van der Waals surface area contributed by atoms with Gasteiger partial charge in [-0.2, -0.15) is 0 Å². The number of carbonyl (C=O) groups is 2. The van der Waals surface area contributed by atoms with Crippen molar-refractivity contribution in [2.24, 2.45) is 0 Å². The minimum Gasteiger partial charge on any atom is -0.342 e. The molecule has 0 aromatic carbocycles. The van der Waals surface area contributed by atoms with Crippen LogP contribution in [0, 0.1) is 12.3 Å². The number of hydrogen-bond donors (Lipinski definition) is 1. The number of rotatable bonds is 6. The van der Waals surface area contributed by atoms with Crippen molar-refractivity contribution in [2.45, 2.75) is 57.9 Å². The molecule has 0 aromatic rings. The summed E-state index contributed by atoms with van der Waals surface area (Å²) in [6, 6.07) is 0. The van der Waals surface area contributed by atoms with Crippen LogP contribution in [0.4, 0.5) is 0 Å². The molecule has 0 aliphatic carbocycles. The SMILES string of the molecule is C#CCCCCN1CCC(=O)NC(CC)(CC)C1=O. The molecule has 1 rings (SSSR count). The fourth-order valence-electron chi connectivity index (χ4n) is 2.50. The molecule has 0 radical (unpaired) electrons. The van der Waals surface area contributed by atoms with E-state index in [-0.39, 0.29) is 11.8 Å². The summed E-state index contributed by atoms with van der Waals surface area (Å²) in [6.07, 6.45) is 9.44. The summed E-state index contributed by atoms with van der Waals surface area (Å²) in [5.41, 5.74) is -0.709. The first kappa shape index (κ1) is 15.6. The van der Waals surface area contributed by atoms with Crippen molar-refractivity contribution in [1.29, 1.82) is 0 Å². The van der Waals surface area contributed by atoms with Crippen LogP contribution < -0.4 is 5.32 Å². The predicted molar refractivity (Wildman–Crippen MR) is 75.3 cm³/mol. The monoisotopic (exact) mass is 264 g/mol. The van der Waals surface area contributed by atoms with Gasteiger partial charge in [-0.3, -0.25) is 9.59 Å². The van der Waals surface area contributed by atoms with Gasteiger partial charge in [-0.25, -0.2) is 0 Å². The number of nitrogens with zero attached hydrogens (tertiary/aromatic N) is 1. The molecule has 4 heteroatoms. The van der Waals surface area contributed by atoms with Crippen LogP contribution in [0.2, 0.25) is 0 Å². The van der Waals surface area contributed by atoms with Crippen molar-refractivity contribution in [3.63, 3.8) is 0 Å². The molecule has 1 saturated heterocycles. The van der Waals surface area contributed by atoms with Gasteiger partial charge in [-0.05, 0) is 25.7 Å². The molecule has 0 atom stereocenters. The highest BCUT2D eigenvalue weighted by Crippen LogP contribution is 2.22. The quantitative estimate of drug-likeness (QED) is 0.586. The molecule has 0 aromatic heterocycles. The van der Waals surface area contributed by atoms with Gasteiger partial charge in [0.15, 0.2) is 0 Å². The molecular formula is C15H24N2O2. The van der Waals surface area contributed by atoms with Crippen LogP contribution in [0.1, 0.15) is 52.4 Å². The molecule has 0 spiro atoms. The second kappa shape index (κ2) is 7.18. The first-order valence-corrected chi connectivity index (χ1v) is 7.13. The fourth-order valence-corrected chi connectivity index (χ4v) is 2.50. The number of hydrogen-bond acceptors (Lipinski definition) is 2. The van der Waals surface area contributed by atoms with Gasteiger partial charge < -0.3 is 10.2 Å². The molecule has 1 N–H and O–H groups in total. The normalized spacial score (nSPS) is 18.7. The van der Waals surface area contributed by atoms with Crippen molar-refractivity contribution in [2.75, 3.05) is 13.1 Å². The molecule has 1 fully saturated rings. The molecule has 1 aliphatic heterocycles. The lowest BCUT2D eigenvalue weighted by Crippen LogP contribution is -2.56. The Balaban J connectivity index is 2.73. The number of amides is 2. The lowest BCUT2D eigenvalue weighted by atomic mass is 9.91. The molecule has 4 nitrogen and oxygen atoms in total. The van der Waals surface area contributed by atoms with Crippen LogP contribution >= 0.6 is 0 Å². The summed E-state index contributed by atoms with van der Waals surface area (Å²) in [5, 5.41) is 2.91. The van der Waals surface area contributed by atoms with Crippen LogP contribution in [-0.2, 0) is 9.59 Å². The summed E-state index contributed by atoms with van der Waals surface area (Å²) in [6.45, 7) is 5.10. The molecular weight excluding hydrogens is 240 g/mol. The average Bonchev–Trinajstić information content (AvgIpc) is 2.54. The van der Waals surface area contributed by atoms with E-state index in [1.54, 1.807) is 0 Å². The second-order valence-corrected chi connectivity index (χ2v) is 5.04. The van der Waals surface area contributed by atoms with Crippen LogP contribution in [0.3, 0.4) is 0 Å². The molecule has 106 valence electrons. The topological polar surface area (TPSA) is 49.4 Å². The summed E-state index contributed by atoms with van der Waals surface area (Å²) in [4.78, 5) is 26.2. The van der Waals surface area contributed by atoms with Crippen molar-refractivity contribution >= 4 is 11.8 Å². The smallest absolute Gasteiger partial charge is 0.248 e. The number of nitrogens with one attached hydrogen (secondary N) is 1. The standard InChI is InChI=1S/C15H24N2O2/c1-4-7-8-9-11-17-12-10-13(18)16-15(5-2,6-3)14(17)19/h1H,5-12H2,2-3H3,(H,16,18). The van der Waals surface area contributed by atoms with Crippen molar-refractivity contribution < 1.29 is 9.59 Å². The summed E-state index contributed by atoms with van der Waals surface area (Å²) in [7, 11) is 0. The van der Waals surface area contributed by atoms with E-state index < -0.39 is 5.54 Å². The Kier molecular flexibility index (Phi) is 5.88. The highest BCUT2D eigenvalue weighted by Gasteiger charge is 2.41. The van der Waals surface area contributed by atoms with E-state index in [0.29, 0.717) is 32.4 Å². The van der Waals surface area contributed by atoms with Gasteiger partial charge in [0.25, 0.3) is 0 Å². The molecule has 0 unspecified atom stereocenters. The number of terminal acetylenes is 1. The predicted octanol–water partition coefficient (Wildman–Crippen LogP) is 1.70. The van der Waals surface area contributed by atoms with Gasteiger partial charge in [-0.1, -0.05) is 13.8 Å². The molecule has 2 amide bonds. The van der Waals surface area contributed by atoms with E-state index in [4.69, 9.17) is 6.42 Å². The lowest BCUT2D eigenvalue weighted by molar-refractivity contribution is -0.139. The number of unbranched alkanes of at least 4 members (excludes halogenated alkanes) is 2. The Morgan fingerprint density at radius 1 is 1.32 bits per heavy atom. The van der Waals surface area contributed by atoms with Gasteiger partial charge in [0.05, 0.1) is 0 Å². The Hall–Kier alpha value is -1.50. The molecule has 0 bridgehead atoms. The highest BCUT2D eigenvalue weighted by molar-refractivity contribution is 5.93. The van der Waals surface area contributed by atoms with Gasteiger partial charge >= 0.3 is 0 Å². The third kappa shape index (κ3) is 3.73. The van der Waals surface area contributed by atoms with Crippen LogP contribution in [-0.4, -0.2) is 35.3 Å². The minimum absolute atomic E-state index is 0.0248. The van der Waals surface area contributed by atoms with E-state index in [0.717, 1.165) is 19.3 Å².